The van der Waals surface area contributed by atoms with Crippen LogP contribution >= 0.6 is 0 Å². The number of para-hydroxylation sites is 2. The van der Waals surface area contributed by atoms with Crippen molar-refractivity contribution >= 4 is 15.7 Å². The zero-order valence-corrected chi connectivity index (χ0v) is 19.8. The topological polar surface area (TPSA) is 70.1 Å². The van der Waals surface area contributed by atoms with E-state index in [2.05, 4.69) is 4.90 Å². The third-order valence-electron chi connectivity index (χ3n) is 6.17. The van der Waals surface area contributed by atoms with Gasteiger partial charge in [0.05, 0.1) is 17.7 Å². The summed E-state index contributed by atoms with van der Waals surface area (Å²) < 4.78 is 34.2. The van der Waals surface area contributed by atoms with Crippen LogP contribution in [0.4, 0.5) is 5.69 Å². The molecule has 1 N–H and O–H groups in total. The smallest absolute Gasteiger partial charge is 0.264 e. The molecule has 0 bridgehead atoms. The van der Waals surface area contributed by atoms with Gasteiger partial charge in [-0.1, -0.05) is 48.0 Å². The molecule has 0 atom stereocenters. The summed E-state index contributed by atoms with van der Waals surface area (Å²) in [6, 6.07) is 21.7. The lowest BCUT2D eigenvalue weighted by molar-refractivity contribution is 0.204. The number of piperidine rings is 1. The number of benzene rings is 3. The molecule has 4 rings (SSSR count). The molecule has 1 aliphatic heterocycles. The minimum Gasteiger partial charge on any atom is -0.504 e. The Kier molecular flexibility index (Phi) is 6.91. The second-order valence-electron chi connectivity index (χ2n) is 8.42. The lowest BCUT2D eigenvalue weighted by atomic mass is 10.0. The molecule has 0 amide bonds. The van der Waals surface area contributed by atoms with Crippen molar-refractivity contribution in [3.05, 3.63) is 83.9 Å². The van der Waals surface area contributed by atoms with E-state index >= 15 is 0 Å². The number of anilines is 1. The highest BCUT2D eigenvalue weighted by molar-refractivity contribution is 7.92. The molecule has 1 fully saturated rings. The molecule has 3 aromatic carbocycles. The summed E-state index contributed by atoms with van der Waals surface area (Å²) in [6.07, 6.45) is 1.40. The van der Waals surface area contributed by atoms with Crippen molar-refractivity contribution in [3.63, 3.8) is 0 Å². The summed E-state index contributed by atoms with van der Waals surface area (Å²) in [7, 11) is -2.17. The Morgan fingerprint density at radius 1 is 0.970 bits per heavy atom. The van der Waals surface area contributed by atoms with Crippen LogP contribution in [0.25, 0.3) is 0 Å². The molecule has 0 spiro atoms. The molecular weight excluding hydrogens is 436 g/mol. The number of hydrogen-bond acceptors (Lipinski definition) is 5. The van der Waals surface area contributed by atoms with E-state index in [9.17, 15) is 13.5 Å². The molecule has 7 heteroatoms. The molecule has 0 aliphatic carbocycles. The number of aromatic hydroxyl groups is 1. The standard InChI is InChI=1S/C26H30N2O4S/c1-20-11-13-24(14-12-20)33(30,31)28(22-8-4-3-5-9-22)23-15-17-27(18-16-23)19-21-7-6-10-25(32-2)26(21)29/h3-14,23,29H,15-19H2,1-2H3. The van der Waals surface area contributed by atoms with Gasteiger partial charge in [0.1, 0.15) is 0 Å². The van der Waals surface area contributed by atoms with Gasteiger partial charge in [0, 0.05) is 31.2 Å². The van der Waals surface area contributed by atoms with Gasteiger partial charge in [-0.05, 0) is 50.1 Å². The van der Waals surface area contributed by atoms with Gasteiger partial charge in [-0.3, -0.25) is 9.21 Å². The van der Waals surface area contributed by atoms with Gasteiger partial charge in [-0.25, -0.2) is 8.42 Å². The van der Waals surface area contributed by atoms with Gasteiger partial charge < -0.3 is 9.84 Å². The Balaban J connectivity index is 1.55. The van der Waals surface area contributed by atoms with E-state index in [1.807, 2.05) is 61.5 Å². The zero-order chi connectivity index (χ0) is 23.4. The molecule has 1 aliphatic rings. The number of phenols is 1. The highest BCUT2D eigenvalue weighted by Gasteiger charge is 2.34. The first-order chi connectivity index (χ1) is 15.9. The van der Waals surface area contributed by atoms with Crippen molar-refractivity contribution < 1.29 is 18.3 Å². The number of phenolic OH excluding ortho intramolecular Hbond substituents is 1. The number of likely N-dealkylation sites (tertiary alicyclic amines) is 1. The lowest BCUT2D eigenvalue weighted by Gasteiger charge is -2.39. The Morgan fingerprint density at radius 2 is 1.64 bits per heavy atom. The van der Waals surface area contributed by atoms with Crippen LogP contribution in [0.2, 0.25) is 0 Å². The number of nitrogens with zero attached hydrogens (tertiary/aromatic N) is 2. The summed E-state index contributed by atoms with van der Waals surface area (Å²) in [4.78, 5) is 2.55. The van der Waals surface area contributed by atoms with Gasteiger partial charge in [0.15, 0.2) is 11.5 Å². The summed E-state index contributed by atoms with van der Waals surface area (Å²) in [5, 5.41) is 10.4. The first-order valence-corrected chi connectivity index (χ1v) is 12.6. The van der Waals surface area contributed by atoms with Crippen LogP contribution in [0.3, 0.4) is 0 Å². The van der Waals surface area contributed by atoms with Crippen molar-refractivity contribution in [1.29, 1.82) is 0 Å². The minimum absolute atomic E-state index is 0.145. The van der Waals surface area contributed by atoms with Crippen LogP contribution in [0.1, 0.15) is 24.0 Å². The molecule has 0 radical (unpaired) electrons. The summed E-state index contributed by atoms with van der Waals surface area (Å²) >= 11 is 0. The van der Waals surface area contributed by atoms with E-state index in [1.165, 1.54) is 7.11 Å². The average molecular weight is 467 g/mol. The minimum atomic E-state index is -3.70. The highest BCUT2D eigenvalue weighted by Crippen LogP contribution is 2.33. The van der Waals surface area contributed by atoms with Crippen molar-refractivity contribution in [3.8, 4) is 11.5 Å². The molecule has 174 valence electrons. The Labute approximate surface area is 196 Å². The summed E-state index contributed by atoms with van der Waals surface area (Å²) in [5.41, 5.74) is 2.51. The fraction of sp³-hybridized carbons (Fsp3) is 0.308. The van der Waals surface area contributed by atoms with Crippen LogP contribution in [-0.4, -0.2) is 44.7 Å². The number of rotatable bonds is 7. The van der Waals surface area contributed by atoms with E-state index in [-0.39, 0.29) is 11.8 Å². The maximum absolute atomic E-state index is 13.7. The third kappa shape index (κ3) is 4.99. The molecule has 0 aromatic heterocycles. The van der Waals surface area contributed by atoms with Crippen LogP contribution in [0.15, 0.2) is 77.7 Å². The van der Waals surface area contributed by atoms with Crippen molar-refractivity contribution in [1.82, 2.24) is 4.90 Å². The van der Waals surface area contributed by atoms with Crippen molar-refractivity contribution in [2.75, 3.05) is 24.5 Å². The van der Waals surface area contributed by atoms with Gasteiger partial charge in [-0.2, -0.15) is 0 Å². The largest absolute Gasteiger partial charge is 0.504 e. The average Bonchev–Trinajstić information content (AvgIpc) is 2.82. The fourth-order valence-corrected chi connectivity index (χ4v) is 6.07. The quantitative estimate of drug-likeness (QED) is 0.552. The van der Waals surface area contributed by atoms with Crippen molar-refractivity contribution in [2.24, 2.45) is 0 Å². The van der Waals surface area contributed by atoms with Gasteiger partial charge in [0.2, 0.25) is 0 Å². The Bertz CT molecular complexity index is 1170. The summed E-state index contributed by atoms with van der Waals surface area (Å²) in [5.74, 6) is 0.622. The number of ether oxygens (including phenoxy) is 1. The van der Waals surface area contributed by atoms with E-state index < -0.39 is 10.0 Å². The highest BCUT2D eigenvalue weighted by atomic mass is 32.2. The monoisotopic (exact) mass is 466 g/mol. The van der Waals surface area contributed by atoms with E-state index in [0.717, 1.165) is 24.2 Å². The van der Waals surface area contributed by atoms with Crippen molar-refractivity contribution in [2.45, 2.75) is 37.2 Å². The molecule has 1 heterocycles. The maximum Gasteiger partial charge on any atom is 0.264 e. The van der Waals surface area contributed by atoms with Gasteiger partial charge >= 0.3 is 0 Å². The number of sulfonamides is 1. The number of aryl methyl sites for hydroxylation is 1. The predicted octanol–water partition coefficient (Wildman–Crippen LogP) is 4.57. The Morgan fingerprint density at radius 3 is 2.27 bits per heavy atom. The SMILES string of the molecule is COc1cccc(CN2CCC(N(c3ccccc3)S(=O)(=O)c3ccc(C)cc3)CC2)c1O. The number of hydrogen-bond donors (Lipinski definition) is 1. The molecular formula is C26H30N2O4S. The fourth-order valence-electron chi connectivity index (χ4n) is 4.36. The third-order valence-corrected chi connectivity index (χ3v) is 8.07. The van der Waals surface area contributed by atoms with E-state index in [4.69, 9.17) is 4.74 Å². The first kappa shape index (κ1) is 23.1. The molecule has 0 saturated carbocycles. The predicted molar refractivity (Wildman–Crippen MR) is 130 cm³/mol. The zero-order valence-electron chi connectivity index (χ0n) is 19.0. The first-order valence-electron chi connectivity index (χ1n) is 11.1. The van der Waals surface area contributed by atoms with Crippen LogP contribution < -0.4 is 9.04 Å². The molecule has 1 saturated heterocycles. The van der Waals surface area contributed by atoms with Crippen LogP contribution in [-0.2, 0) is 16.6 Å². The maximum atomic E-state index is 13.7. The van der Waals surface area contributed by atoms with Crippen LogP contribution in [0.5, 0.6) is 11.5 Å². The van der Waals surface area contributed by atoms with E-state index in [1.54, 1.807) is 22.5 Å². The van der Waals surface area contributed by atoms with Gasteiger partial charge in [0.25, 0.3) is 10.0 Å². The molecule has 3 aromatic rings. The Hall–Kier alpha value is -3.03. The lowest BCUT2D eigenvalue weighted by Crippen LogP contribution is -2.47. The molecule has 33 heavy (non-hydrogen) atoms. The molecule has 0 unspecified atom stereocenters. The van der Waals surface area contributed by atoms with Crippen LogP contribution in [0, 0.1) is 6.92 Å². The second kappa shape index (κ2) is 9.85. The molecule has 6 nitrogen and oxygen atoms in total. The second-order valence-corrected chi connectivity index (χ2v) is 10.2. The number of methoxy groups -OCH3 is 1. The summed E-state index contributed by atoms with van der Waals surface area (Å²) in [6.45, 7) is 4.00. The van der Waals surface area contributed by atoms with E-state index in [0.29, 0.717) is 35.7 Å². The van der Waals surface area contributed by atoms with Gasteiger partial charge in [-0.15, -0.1) is 0 Å². The normalized spacial score (nSPS) is 15.3.